The van der Waals surface area contributed by atoms with Crippen LogP contribution in [-0.4, -0.2) is 40.6 Å². The van der Waals surface area contributed by atoms with E-state index in [2.05, 4.69) is 43.4 Å². The van der Waals surface area contributed by atoms with Crippen LogP contribution in [0.25, 0.3) is 0 Å². The van der Waals surface area contributed by atoms with Crippen molar-refractivity contribution >= 4 is 5.96 Å². The van der Waals surface area contributed by atoms with E-state index in [1.54, 1.807) is 0 Å². The van der Waals surface area contributed by atoms with Crippen LogP contribution in [0.3, 0.4) is 0 Å². The van der Waals surface area contributed by atoms with E-state index >= 15 is 0 Å². The Balaban J connectivity index is 1.33. The third-order valence-corrected chi connectivity index (χ3v) is 4.80. The van der Waals surface area contributed by atoms with E-state index in [0.717, 1.165) is 61.6 Å². The maximum Gasteiger partial charge on any atom is 0.231 e. The highest BCUT2D eigenvalue weighted by Crippen LogP contribution is 2.32. The molecule has 0 unspecified atom stereocenters. The average Bonchev–Trinajstić information content (AvgIpc) is 3.32. The number of ether oxygens (including phenoxy) is 2. The van der Waals surface area contributed by atoms with Crippen LogP contribution in [0.1, 0.15) is 37.0 Å². The molecular formula is C19H26N6O2. The summed E-state index contributed by atoms with van der Waals surface area (Å²) in [5, 5.41) is 15.3. The van der Waals surface area contributed by atoms with Gasteiger partial charge in [-0.2, -0.15) is 0 Å². The number of benzene rings is 1. The lowest BCUT2D eigenvalue weighted by atomic mass is 10.1. The molecule has 3 heterocycles. The Morgan fingerprint density at radius 3 is 3.04 bits per heavy atom. The maximum atomic E-state index is 5.44. The van der Waals surface area contributed by atoms with Crippen LogP contribution in [0.5, 0.6) is 11.5 Å². The largest absolute Gasteiger partial charge is 0.454 e. The van der Waals surface area contributed by atoms with Gasteiger partial charge in [0.2, 0.25) is 6.79 Å². The highest BCUT2D eigenvalue weighted by atomic mass is 16.7. The minimum absolute atomic E-state index is 0.306. The summed E-state index contributed by atoms with van der Waals surface area (Å²) in [4.78, 5) is 4.68. The molecule has 27 heavy (non-hydrogen) atoms. The van der Waals surface area contributed by atoms with Crippen LogP contribution in [0.15, 0.2) is 23.2 Å². The first-order valence-corrected chi connectivity index (χ1v) is 9.65. The van der Waals surface area contributed by atoms with Crippen LogP contribution < -0.4 is 20.1 Å². The number of nitrogens with zero attached hydrogens (tertiary/aromatic N) is 4. The second-order valence-corrected chi connectivity index (χ2v) is 6.70. The molecule has 1 aromatic heterocycles. The number of aliphatic imine (C=N–C) groups is 1. The fraction of sp³-hybridized carbons (Fsp3) is 0.526. The van der Waals surface area contributed by atoms with E-state index in [1.807, 2.05) is 12.1 Å². The van der Waals surface area contributed by atoms with Gasteiger partial charge in [-0.3, -0.25) is 0 Å². The fourth-order valence-electron chi connectivity index (χ4n) is 3.40. The monoisotopic (exact) mass is 370 g/mol. The van der Waals surface area contributed by atoms with Gasteiger partial charge in [0.15, 0.2) is 23.3 Å². The Hall–Kier alpha value is -2.77. The van der Waals surface area contributed by atoms with Crippen molar-refractivity contribution in [1.29, 1.82) is 0 Å². The van der Waals surface area contributed by atoms with Gasteiger partial charge in [0.05, 0.1) is 0 Å². The van der Waals surface area contributed by atoms with Crippen molar-refractivity contribution in [3.8, 4) is 11.5 Å². The molecule has 0 atom stereocenters. The highest BCUT2D eigenvalue weighted by Gasteiger charge is 2.15. The van der Waals surface area contributed by atoms with E-state index in [9.17, 15) is 0 Å². The number of fused-ring (bicyclic) bond motifs is 2. The number of aromatic nitrogens is 3. The van der Waals surface area contributed by atoms with E-state index in [-0.39, 0.29) is 0 Å². The number of hydrogen-bond acceptors (Lipinski definition) is 5. The van der Waals surface area contributed by atoms with Crippen LogP contribution in [0, 0.1) is 0 Å². The standard InChI is InChI=1S/C19H26N6O2/c1-2-20-19(22-12-18-24-23-17-5-3-4-10-25(17)18)21-9-8-14-6-7-15-16(11-14)27-13-26-15/h6-7,11H,2-5,8-10,12-13H2,1H3,(H2,20,21,22). The Morgan fingerprint density at radius 1 is 1.19 bits per heavy atom. The zero-order valence-corrected chi connectivity index (χ0v) is 15.7. The molecule has 2 N–H and O–H groups in total. The summed E-state index contributed by atoms with van der Waals surface area (Å²) >= 11 is 0. The molecule has 0 bridgehead atoms. The zero-order chi connectivity index (χ0) is 18.5. The van der Waals surface area contributed by atoms with Crippen molar-refractivity contribution in [1.82, 2.24) is 25.4 Å². The first-order chi connectivity index (χ1) is 13.3. The summed E-state index contributed by atoms with van der Waals surface area (Å²) < 4.78 is 13.0. The predicted molar refractivity (Wildman–Crippen MR) is 102 cm³/mol. The number of rotatable bonds is 6. The second kappa shape index (κ2) is 8.28. The molecule has 0 aliphatic carbocycles. The highest BCUT2D eigenvalue weighted by molar-refractivity contribution is 5.79. The van der Waals surface area contributed by atoms with Crippen LogP contribution in [0.4, 0.5) is 0 Å². The van der Waals surface area contributed by atoms with Crippen molar-refractivity contribution in [2.75, 3.05) is 19.9 Å². The molecule has 0 saturated carbocycles. The molecule has 0 spiro atoms. The molecule has 2 aromatic rings. The van der Waals surface area contributed by atoms with E-state index in [1.165, 1.54) is 18.4 Å². The molecule has 0 fully saturated rings. The van der Waals surface area contributed by atoms with Gasteiger partial charge < -0.3 is 24.7 Å². The quantitative estimate of drug-likeness (QED) is 0.594. The Kier molecular flexibility index (Phi) is 5.41. The van der Waals surface area contributed by atoms with Crippen LogP contribution in [0.2, 0.25) is 0 Å². The summed E-state index contributed by atoms with van der Waals surface area (Å²) in [6, 6.07) is 6.07. The SMILES string of the molecule is CCNC(=NCc1nnc2n1CCCC2)NCCc1ccc2c(c1)OCO2. The van der Waals surface area contributed by atoms with Gasteiger partial charge in [0.1, 0.15) is 12.4 Å². The van der Waals surface area contributed by atoms with Crippen LogP contribution >= 0.6 is 0 Å². The van der Waals surface area contributed by atoms with Gasteiger partial charge in [-0.25, -0.2) is 4.99 Å². The third-order valence-electron chi connectivity index (χ3n) is 4.80. The predicted octanol–water partition coefficient (Wildman–Crippen LogP) is 1.64. The lowest BCUT2D eigenvalue weighted by molar-refractivity contribution is 0.174. The first kappa shape index (κ1) is 17.6. The Labute approximate surface area is 159 Å². The molecule has 2 aliphatic rings. The van der Waals surface area contributed by atoms with Gasteiger partial charge in [-0.15, -0.1) is 10.2 Å². The molecule has 4 rings (SSSR count). The minimum Gasteiger partial charge on any atom is -0.454 e. The lowest BCUT2D eigenvalue weighted by Gasteiger charge is -2.14. The second-order valence-electron chi connectivity index (χ2n) is 6.70. The topological polar surface area (TPSA) is 85.6 Å². The van der Waals surface area contributed by atoms with Gasteiger partial charge >= 0.3 is 0 Å². The number of nitrogens with one attached hydrogen (secondary N) is 2. The Bertz CT molecular complexity index is 817. The molecule has 1 aromatic carbocycles. The maximum absolute atomic E-state index is 5.44. The molecule has 8 nitrogen and oxygen atoms in total. The smallest absolute Gasteiger partial charge is 0.231 e. The van der Waals surface area contributed by atoms with Crippen molar-refractivity contribution in [2.24, 2.45) is 4.99 Å². The summed E-state index contributed by atoms with van der Waals surface area (Å²) in [5.74, 6) is 4.47. The molecule has 8 heteroatoms. The van der Waals surface area contributed by atoms with Crippen molar-refractivity contribution < 1.29 is 9.47 Å². The molecule has 144 valence electrons. The van der Waals surface area contributed by atoms with Gasteiger partial charge in [-0.05, 0) is 43.9 Å². The summed E-state index contributed by atoms with van der Waals surface area (Å²) in [7, 11) is 0. The normalized spacial score (nSPS) is 15.5. The minimum atomic E-state index is 0.306. The lowest BCUT2D eigenvalue weighted by Crippen LogP contribution is -2.38. The number of guanidine groups is 1. The molecular weight excluding hydrogens is 344 g/mol. The average molecular weight is 370 g/mol. The molecule has 0 amide bonds. The summed E-state index contributed by atoms with van der Waals surface area (Å²) in [6.45, 7) is 5.50. The Morgan fingerprint density at radius 2 is 2.11 bits per heavy atom. The van der Waals surface area contributed by atoms with E-state index in [0.29, 0.717) is 13.3 Å². The number of aryl methyl sites for hydroxylation is 1. The van der Waals surface area contributed by atoms with E-state index in [4.69, 9.17) is 9.47 Å². The zero-order valence-electron chi connectivity index (χ0n) is 15.7. The van der Waals surface area contributed by atoms with Gasteiger partial charge in [0, 0.05) is 26.1 Å². The van der Waals surface area contributed by atoms with Gasteiger partial charge in [0.25, 0.3) is 0 Å². The van der Waals surface area contributed by atoms with Crippen molar-refractivity contribution in [3.05, 3.63) is 35.4 Å². The number of hydrogen-bond donors (Lipinski definition) is 2. The molecule has 0 radical (unpaired) electrons. The summed E-state index contributed by atoms with van der Waals surface area (Å²) in [6.07, 6.45) is 4.28. The van der Waals surface area contributed by atoms with Crippen molar-refractivity contribution in [3.63, 3.8) is 0 Å². The first-order valence-electron chi connectivity index (χ1n) is 9.65. The third kappa shape index (κ3) is 4.15. The molecule has 0 saturated heterocycles. The van der Waals surface area contributed by atoms with E-state index < -0.39 is 0 Å². The van der Waals surface area contributed by atoms with Gasteiger partial charge in [-0.1, -0.05) is 6.07 Å². The summed E-state index contributed by atoms with van der Waals surface area (Å²) in [5.41, 5.74) is 1.20. The van der Waals surface area contributed by atoms with Crippen molar-refractivity contribution in [2.45, 2.75) is 45.7 Å². The molecule has 2 aliphatic heterocycles. The fourth-order valence-corrected chi connectivity index (χ4v) is 3.40. The van der Waals surface area contributed by atoms with Crippen LogP contribution in [-0.2, 0) is 25.9 Å².